The summed E-state index contributed by atoms with van der Waals surface area (Å²) in [5, 5.41) is 7.97. The molecule has 1 aromatic heterocycles. The largest absolute Gasteiger partial charge is 0.497 e. The first-order chi connectivity index (χ1) is 22.4. The second-order valence-corrected chi connectivity index (χ2v) is 12.8. The maximum atomic E-state index is 13.8. The van der Waals surface area contributed by atoms with Gasteiger partial charge in [0.15, 0.2) is 0 Å². The second-order valence-electron chi connectivity index (χ2n) is 9.67. The fraction of sp³-hybridized carbons (Fsp3) is 0.161. The number of amides is 3. The van der Waals surface area contributed by atoms with Gasteiger partial charge < -0.3 is 30.2 Å². The van der Waals surface area contributed by atoms with E-state index < -0.39 is 33.8 Å². The van der Waals surface area contributed by atoms with Gasteiger partial charge in [0.2, 0.25) is 9.84 Å². The molecule has 1 atom stereocenters. The number of nitrogens with zero attached hydrogens (tertiary/aromatic N) is 1. The number of nitrogens with one attached hydrogen (secondary N) is 3. The second kappa shape index (κ2) is 15.4. The number of pyridine rings is 1. The van der Waals surface area contributed by atoms with E-state index in [1.807, 2.05) is 0 Å². The number of hydrogen-bond donors (Lipinski definition) is 3. The predicted molar refractivity (Wildman–Crippen MR) is 177 cm³/mol. The van der Waals surface area contributed by atoms with Gasteiger partial charge in [0.25, 0.3) is 5.91 Å². The SMILES string of the molecule is COC(=O)C(Cc1ccc(NC(=O)c2c(Cl)cncc2Cl)cc1)NC(=O)Nc1cc(Cl)ccc1S(=O)(=O)c1cc(OC)ccc1OC. The minimum atomic E-state index is -4.29. The van der Waals surface area contributed by atoms with Crippen molar-refractivity contribution in [3.8, 4) is 11.5 Å². The number of carbonyl (C=O) groups is 3. The number of carbonyl (C=O) groups excluding carboxylic acids is 3. The van der Waals surface area contributed by atoms with Crippen LogP contribution >= 0.6 is 34.8 Å². The molecule has 3 N–H and O–H groups in total. The van der Waals surface area contributed by atoms with E-state index in [1.165, 1.54) is 63.0 Å². The van der Waals surface area contributed by atoms with Crippen LogP contribution in [-0.4, -0.2) is 58.7 Å². The first-order valence-corrected chi connectivity index (χ1v) is 16.1. The number of esters is 1. The molecule has 12 nitrogen and oxygen atoms in total. The molecule has 3 aromatic carbocycles. The lowest BCUT2D eigenvalue weighted by molar-refractivity contribution is -0.142. The fourth-order valence-electron chi connectivity index (χ4n) is 4.38. The van der Waals surface area contributed by atoms with E-state index in [1.54, 1.807) is 24.3 Å². The molecular weight excluding hydrogens is 695 g/mol. The molecule has 246 valence electrons. The van der Waals surface area contributed by atoms with Gasteiger partial charge in [-0.2, -0.15) is 0 Å². The van der Waals surface area contributed by atoms with E-state index in [0.29, 0.717) is 11.3 Å². The highest BCUT2D eigenvalue weighted by atomic mass is 35.5. The molecule has 0 saturated heterocycles. The fourth-order valence-corrected chi connectivity index (χ4v) is 6.66. The molecule has 0 radical (unpaired) electrons. The van der Waals surface area contributed by atoms with Gasteiger partial charge >= 0.3 is 12.0 Å². The van der Waals surface area contributed by atoms with Crippen LogP contribution in [0.1, 0.15) is 15.9 Å². The lowest BCUT2D eigenvalue weighted by Gasteiger charge is -2.19. The van der Waals surface area contributed by atoms with Crippen molar-refractivity contribution in [3.63, 3.8) is 0 Å². The Balaban J connectivity index is 1.52. The summed E-state index contributed by atoms with van der Waals surface area (Å²) in [6, 6.07) is 12.4. The first-order valence-electron chi connectivity index (χ1n) is 13.5. The van der Waals surface area contributed by atoms with Crippen LogP contribution in [0.15, 0.2) is 82.8 Å². The third kappa shape index (κ3) is 8.43. The lowest BCUT2D eigenvalue weighted by Crippen LogP contribution is -2.45. The van der Waals surface area contributed by atoms with E-state index in [0.717, 1.165) is 7.11 Å². The lowest BCUT2D eigenvalue weighted by atomic mass is 10.1. The van der Waals surface area contributed by atoms with Crippen molar-refractivity contribution in [1.82, 2.24) is 10.3 Å². The normalized spacial score (nSPS) is 11.6. The molecule has 1 heterocycles. The van der Waals surface area contributed by atoms with Crippen LogP contribution in [0.2, 0.25) is 15.1 Å². The maximum absolute atomic E-state index is 13.8. The molecule has 0 aliphatic rings. The van der Waals surface area contributed by atoms with Crippen LogP contribution in [0.4, 0.5) is 16.2 Å². The number of ether oxygens (including phenoxy) is 3. The zero-order valence-electron chi connectivity index (χ0n) is 25.0. The highest BCUT2D eigenvalue weighted by molar-refractivity contribution is 7.91. The number of aromatic nitrogens is 1. The molecule has 0 spiro atoms. The smallest absolute Gasteiger partial charge is 0.328 e. The summed E-state index contributed by atoms with van der Waals surface area (Å²) in [6.07, 6.45) is 2.58. The van der Waals surface area contributed by atoms with Crippen LogP contribution in [0.5, 0.6) is 11.5 Å². The average Bonchev–Trinajstić information content (AvgIpc) is 3.04. The zero-order chi connectivity index (χ0) is 34.3. The molecule has 3 amide bonds. The van der Waals surface area contributed by atoms with Crippen molar-refractivity contribution < 1.29 is 37.0 Å². The van der Waals surface area contributed by atoms with Crippen molar-refractivity contribution >= 4 is 73.9 Å². The number of urea groups is 1. The number of methoxy groups -OCH3 is 3. The van der Waals surface area contributed by atoms with E-state index in [-0.39, 0.29) is 54.0 Å². The minimum Gasteiger partial charge on any atom is -0.497 e. The third-order valence-corrected chi connectivity index (χ3v) is 9.30. The Hall–Kier alpha value is -4.56. The molecule has 47 heavy (non-hydrogen) atoms. The standard InChI is InChI=1S/C31H27Cl3N4O8S/c1-44-20-9-10-25(45-2)27(14-20)47(42,43)26-11-6-18(32)13-23(26)37-31(41)38-24(30(40)46-3)12-17-4-7-19(8-5-17)36-29(39)28-21(33)15-35-16-22(28)34/h4-11,13-16,24H,12H2,1-3H3,(H,36,39)(H2,37,38,41). The molecule has 4 rings (SSSR count). The molecule has 4 aromatic rings. The van der Waals surface area contributed by atoms with Gasteiger partial charge in [-0.3, -0.25) is 9.78 Å². The summed E-state index contributed by atoms with van der Waals surface area (Å²) in [7, 11) is -0.420. The van der Waals surface area contributed by atoms with Gasteiger partial charge in [-0.15, -0.1) is 0 Å². The van der Waals surface area contributed by atoms with Crippen molar-refractivity contribution in [2.24, 2.45) is 0 Å². The Morgan fingerprint density at radius 3 is 2.13 bits per heavy atom. The summed E-state index contributed by atoms with van der Waals surface area (Å²) < 4.78 is 42.8. The summed E-state index contributed by atoms with van der Waals surface area (Å²) in [5.74, 6) is -0.991. The Bertz CT molecular complexity index is 1900. The Morgan fingerprint density at radius 2 is 1.51 bits per heavy atom. The summed E-state index contributed by atoms with van der Waals surface area (Å²) in [4.78, 5) is 41.8. The molecule has 0 aliphatic heterocycles. The van der Waals surface area contributed by atoms with Crippen molar-refractivity contribution in [2.75, 3.05) is 32.0 Å². The van der Waals surface area contributed by atoms with Gasteiger partial charge in [0.05, 0.1) is 47.5 Å². The topological polar surface area (TPSA) is 162 Å². The number of sulfone groups is 1. The molecular formula is C31H27Cl3N4O8S. The number of anilines is 2. The Morgan fingerprint density at radius 1 is 0.830 bits per heavy atom. The van der Waals surface area contributed by atoms with E-state index in [4.69, 9.17) is 49.0 Å². The van der Waals surface area contributed by atoms with Crippen LogP contribution in [0.3, 0.4) is 0 Å². The van der Waals surface area contributed by atoms with Crippen molar-refractivity contribution in [2.45, 2.75) is 22.3 Å². The Kier molecular flexibility index (Phi) is 11.5. The first kappa shape index (κ1) is 35.3. The molecule has 0 saturated carbocycles. The van der Waals surface area contributed by atoms with Gasteiger partial charge in [0.1, 0.15) is 22.4 Å². The number of benzene rings is 3. The van der Waals surface area contributed by atoms with E-state index in [9.17, 15) is 22.8 Å². The number of hydrogen-bond acceptors (Lipinski definition) is 9. The molecule has 0 aliphatic carbocycles. The van der Waals surface area contributed by atoms with Gasteiger partial charge in [-0.25, -0.2) is 18.0 Å². The minimum absolute atomic E-state index is 0.0158. The Labute approximate surface area is 285 Å². The molecule has 0 fully saturated rings. The summed E-state index contributed by atoms with van der Waals surface area (Å²) in [6.45, 7) is 0. The number of halogens is 3. The van der Waals surface area contributed by atoms with Gasteiger partial charge in [-0.05, 0) is 48.0 Å². The molecule has 1 unspecified atom stereocenters. The quantitative estimate of drug-likeness (QED) is 0.157. The van der Waals surface area contributed by atoms with Crippen LogP contribution in [-0.2, 0) is 25.8 Å². The van der Waals surface area contributed by atoms with E-state index in [2.05, 4.69) is 20.9 Å². The van der Waals surface area contributed by atoms with Gasteiger partial charge in [0, 0.05) is 35.6 Å². The van der Waals surface area contributed by atoms with Crippen LogP contribution in [0, 0.1) is 0 Å². The highest BCUT2D eigenvalue weighted by Crippen LogP contribution is 2.36. The van der Waals surface area contributed by atoms with E-state index >= 15 is 0 Å². The zero-order valence-corrected chi connectivity index (χ0v) is 28.1. The van der Waals surface area contributed by atoms with Crippen LogP contribution in [0.25, 0.3) is 0 Å². The van der Waals surface area contributed by atoms with Gasteiger partial charge in [-0.1, -0.05) is 46.9 Å². The summed E-state index contributed by atoms with van der Waals surface area (Å²) in [5.41, 5.74) is 0.907. The monoisotopic (exact) mass is 720 g/mol. The number of rotatable bonds is 11. The molecule has 16 heteroatoms. The third-order valence-electron chi connectivity index (χ3n) is 6.66. The maximum Gasteiger partial charge on any atom is 0.328 e. The predicted octanol–water partition coefficient (Wildman–Crippen LogP) is 6.05. The van der Waals surface area contributed by atoms with Crippen molar-refractivity contribution in [3.05, 3.63) is 99.3 Å². The molecule has 0 bridgehead atoms. The summed E-state index contributed by atoms with van der Waals surface area (Å²) >= 11 is 18.3. The van der Waals surface area contributed by atoms with Crippen LogP contribution < -0.4 is 25.4 Å². The average molecular weight is 722 g/mol. The highest BCUT2D eigenvalue weighted by Gasteiger charge is 2.28. The van der Waals surface area contributed by atoms with Crippen molar-refractivity contribution in [1.29, 1.82) is 0 Å².